The molecule has 0 saturated heterocycles. The van der Waals surface area contributed by atoms with Gasteiger partial charge >= 0.3 is 0 Å². The van der Waals surface area contributed by atoms with Gasteiger partial charge in [-0.2, -0.15) is 0 Å². The summed E-state index contributed by atoms with van der Waals surface area (Å²) in [5.74, 6) is -0.999. The molecule has 4 atom stereocenters. The number of methoxy groups -OCH3 is 2. The lowest BCUT2D eigenvalue weighted by atomic mass is 9.89. The highest BCUT2D eigenvalue weighted by molar-refractivity contribution is 7.94. The van der Waals surface area contributed by atoms with E-state index >= 15 is 0 Å². The van der Waals surface area contributed by atoms with Crippen molar-refractivity contribution in [3.63, 3.8) is 0 Å². The zero-order valence-corrected chi connectivity index (χ0v) is 16.2. The van der Waals surface area contributed by atoms with E-state index in [1.54, 1.807) is 25.1 Å². The monoisotopic (exact) mass is 376 g/mol. The molecule has 0 fully saturated rings. The smallest absolute Gasteiger partial charge is 0.203 e. The Kier molecular flexibility index (Phi) is 8.33. The zero-order valence-electron chi connectivity index (χ0n) is 14.2. The Labute approximate surface area is 146 Å². The predicted molar refractivity (Wildman–Crippen MR) is 95.1 cm³/mol. The number of benzene rings is 1. The SMILES string of the molecule is COC(OC)C(OP)C(C)C(C)C(O)=CS(=O)(=O)c1ccccc1. The van der Waals surface area contributed by atoms with E-state index in [1.165, 1.54) is 26.4 Å². The van der Waals surface area contributed by atoms with E-state index in [0.717, 1.165) is 5.41 Å². The fraction of sp³-hybridized carbons (Fsp3) is 0.500. The molecular formula is C16H25O6PS. The van der Waals surface area contributed by atoms with Crippen molar-refractivity contribution in [3.8, 4) is 0 Å². The van der Waals surface area contributed by atoms with Crippen molar-refractivity contribution >= 4 is 19.3 Å². The number of hydrogen-bond acceptors (Lipinski definition) is 6. The van der Waals surface area contributed by atoms with Gasteiger partial charge in [-0.3, -0.25) is 0 Å². The van der Waals surface area contributed by atoms with Crippen molar-refractivity contribution in [3.05, 3.63) is 41.5 Å². The van der Waals surface area contributed by atoms with Crippen LogP contribution in [-0.4, -0.2) is 40.1 Å². The van der Waals surface area contributed by atoms with E-state index in [1.807, 2.05) is 6.92 Å². The molecule has 0 spiro atoms. The van der Waals surface area contributed by atoms with Crippen LogP contribution in [0.1, 0.15) is 13.8 Å². The molecule has 0 aliphatic rings. The number of aliphatic hydroxyl groups is 1. The van der Waals surface area contributed by atoms with Crippen molar-refractivity contribution in [1.82, 2.24) is 0 Å². The lowest BCUT2D eigenvalue weighted by molar-refractivity contribution is -0.169. The van der Waals surface area contributed by atoms with E-state index < -0.39 is 28.1 Å². The summed E-state index contributed by atoms with van der Waals surface area (Å²) in [4.78, 5) is 0.127. The molecular weight excluding hydrogens is 351 g/mol. The second kappa shape index (κ2) is 9.49. The lowest BCUT2D eigenvalue weighted by Crippen LogP contribution is -2.38. The summed E-state index contributed by atoms with van der Waals surface area (Å²) in [7, 11) is 1.39. The molecule has 0 radical (unpaired) electrons. The molecule has 0 aromatic heterocycles. The average molecular weight is 376 g/mol. The average Bonchev–Trinajstić information content (AvgIpc) is 2.58. The maximum absolute atomic E-state index is 12.3. The Hall–Kier alpha value is -0.980. The normalized spacial score (nSPS) is 16.8. The van der Waals surface area contributed by atoms with Gasteiger partial charge in [0, 0.05) is 29.6 Å². The van der Waals surface area contributed by atoms with Crippen molar-refractivity contribution in [2.24, 2.45) is 11.8 Å². The highest BCUT2D eigenvalue weighted by Crippen LogP contribution is 2.29. The van der Waals surface area contributed by atoms with Gasteiger partial charge in [-0.25, -0.2) is 8.42 Å². The first-order valence-electron chi connectivity index (χ1n) is 7.40. The molecule has 4 unspecified atom stereocenters. The van der Waals surface area contributed by atoms with Crippen LogP contribution in [0, 0.1) is 11.8 Å². The van der Waals surface area contributed by atoms with Gasteiger partial charge in [0.15, 0.2) is 6.29 Å². The number of sulfone groups is 1. The van der Waals surface area contributed by atoms with Crippen LogP contribution in [-0.2, 0) is 23.8 Å². The van der Waals surface area contributed by atoms with E-state index in [2.05, 4.69) is 9.47 Å². The number of allylic oxidation sites excluding steroid dienone is 1. The standard InChI is InChI=1S/C16H25O6PS/c1-11(12(2)15(22-23)16(20-3)21-4)14(17)10-24(18,19)13-8-6-5-7-9-13/h5-12,15-17H,23H2,1-4H3. The molecule has 1 aromatic rings. The third-order valence-corrected chi connectivity index (χ3v) is 5.81. The molecule has 1 aromatic carbocycles. The first-order valence-corrected chi connectivity index (χ1v) is 9.42. The van der Waals surface area contributed by atoms with Gasteiger partial charge in [0.1, 0.15) is 11.9 Å². The van der Waals surface area contributed by atoms with Crippen LogP contribution in [0.5, 0.6) is 0 Å². The largest absolute Gasteiger partial charge is 0.511 e. The Morgan fingerprint density at radius 2 is 1.71 bits per heavy atom. The fourth-order valence-corrected chi connectivity index (χ4v) is 3.88. The van der Waals surface area contributed by atoms with E-state index in [0.29, 0.717) is 0 Å². The second-order valence-electron chi connectivity index (χ2n) is 5.49. The summed E-state index contributed by atoms with van der Waals surface area (Å²) in [5.41, 5.74) is 0. The minimum absolute atomic E-state index is 0.127. The third-order valence-electron chi connectivity index (χ3n) is 4.01. The predicted octanol–water partition coefficient (Wildman–Crippen LogP) is 2.93. The summed E-state index contributed by atoms with van der Waals surface area (Å²) in [6.45, 7) is 3.54. The third kappa shape index (κ3) is 5.26. The van der Waals surface area contributed by atoms with Crippen LogP contribution in [0.2, 0.25) is 0 Å². The maximum atomic E-state index is 12.3. The van der Waals surface area contributed by atoms with Crippen LogP contribution in [0.4, 0.5) is 0 Å². The van der Waals surface area contributed by atoms with Gasteiger partial charge < -0.3 is 19.1 Å². The van der Waals surface area contributed by atoms with Crippen molar-refractivity contribution in [2.45, 2.75) is 31.1 Å². The summed E-state index contributed by atoms with van der Waals surface area (Å²) in [5, 5.41) is 11.2. The van der Waals surface area contributed by atoms with Gasteiger partial charge in [-0.15, -0.1) is 0 Å². The van der Waals surface area contributed by atoms with Gasteiger partial charge in [0.2, 0.25) is 9.84 Å². The van der Waals surface area contributed by atoms with E-state index in [9.17, 15) is 13.5 Å². The first kappa shape index (κ1) is 21.1. The van der Waals surface area contributed by atoms with Crippen LogP contribution in [0.25, 0.3) is 0 Å². The lowest BCUT2D eigenvalue weighted by Gasteiger charge is -2.31. The second-order valence-corrected chi connectivity index (χ2v) is 7.56. The number of aliphatic hydroxyl groups excluding tert-OH is 1. The molecule has 0 bridgehead atoms. The summed E-state index contributed by atoms with van der Waals surface area (Å²) >= 11 is 0. The molecule has 24 heavy (non-hydrogen) atoms. The number of hydrogen-bond donors (Lipinski definition) is 1. The first-order chi connectivity index (χ1) is 11.3. The molecule has 1 rings (SSSR count). The van der Waals surface area contributed by atoms with Crippen molar-refractivity contribution in [2.75, 3.05) is 14.2 Å². The Morgan fingerprint density at radius 3 is 2.17 bits per heavy atom. The van der Waals surface area contributed by atoms with E-state index in [-0.39, 0.29) is 16.6 Å². The van der Waals surface area contributed by atoms with Crippen LogP contribution < -0.4 is 0 Å². The zero-order chi connectivity index (χ0) is 18.3. The summed E-state index contributed by atoms with van der Waals surface area (Å²) in [6.07, 6.45) is -1.14. The molecule has 0 aliphatic carbocycles. The topological polar surface area (TPSA) is 82.1 Å². The Morgan fingerprint density at radius 1 is 1.17 bits per heavy atom. The van der Waals surface area contributed by atoms with E-state index in [4.69, 9.17) is 14.0 Å². The van der Waals surface area contributed by atoms with Crippen LogP contribution in [0.15, 0.2) is 46.4 Å². The Bertz CT molecular complexity index is 627. The highest BCUT2D eigenvalue weighted by Gasteiger charge is 2.33. The van der Waals surface area contributed by atoms with Gasteiger partial charge in [0.05, 0.1) is 10.3 Å². The summed E-state index contributed by atoms with van der Waals surface area (Å²) in [6, 6.07) is 7.94. The van der Waals surface area contributed by atoms with Crippen molar-refractivity contribution < 1.29 is 27.5 Å². The van der Waals surface area contributed by atoms with Gasteiger partial charge in [0.25, 0.3) is 0 Å². The molecule has 1 N–H and O–H groups in total. The molecule has 0 heterocycles. The molecule has 8 heteroatoms. The molecule has 0 aliphatic heterocycles. The minimum atomic E-state index is -3.72. The van der Waals surface area contributed by atoms with Gasteiger partial charge in [-0.1, -0.05) is 32.0 Å². The molecule has 6 nitrogen and oxygen atoms in total. The quantitative estimate of drug-likeness (QED) is 0.405. The molecule has 136 valence electrons. The van der Waals surface area contributed by atoms with Crippen LogP contribution in [0.3, 0.4) is 0 Å². The number of rotatable bonds is 9. The highest BCUT2D eigenvalue weighted by atomic mass is 32.2. The van der Waals surface area contributed by atoms with Gasteiger partial charge in [-0.05, 0) is 18.1 Å². The molecule has 0 saturated carbocycles. The molecule has 0 amide bonds. The minimum Gasteiger partial charge on any atom is -0.511 e. The van der Waals surface area contributed by atoms with Crippen molar-refractivity contribution in [1.29, 1.82) is 0 Å². The van der Waals surface area contributed by atoms with Crippen LogP contribution >= 0.6 is 9.47 Å². The fourth-order valence-electron chi connectivity index (χ4n) is 2.30. The summed E-state index contributed by atoms with van der Waals surface area (Å²) < 4.78 is 40.4. The maximum Gasteiger partial charge on any atom is 0.203 e. The number of ether oxygens (including phenoxy) is 2. The Balaban J connectivity index is 3.02.